The van der Waals surface area contributed by atoms with E-state index in [1.807, 2.05) is 72.8 Å². The Labute approximate surface area is 179 Å². The van der Waals surface area contributed by atoms with Gasteiger partial charge in [0.1, 0.15) is 5.52 Å². The normalized spacial score (nSPS) is 11.3. The van der Waals surface area contributed by atoms with Crippen LogP contribution in [0.1, 0.15) is 25.3 Å². The number of fused-ring (bicyclic) bond motifs is 1. The second-order valence-electron chi connectivity index (χ2n) is 7.76. The number of rotatable bonds is 4. The number of aromatic nitrogens is 3. The quantitative estimate of drug-likeness (QED) is 0.376. The van der Waals surface area contributed by atoms with E-state index in [1.54, 1.807) is 12.4 Å². The average molecular weight is 407 g/mol. The Morgan fingerprint density at radius 2 is 1.58 bits per heavy atom. The highest BCUT2D eigenvalue weighted by Crippen LogP contribution is 2.31. The van der Waals surface area contributed by atoms with E-state index in [2.05, 4.69) is 18.8 Å². The summed E-state index contributed by atoms with van der Waals surface area (Å²) in [6, 6.07) is 23.3. The summed E-state index contributed by atoms with van der Waals surface area (Å²) in [5, 5.41) is 0.820. The van der Waals surface area contributed by atoms with Crippen molar-refractivity contribution in [3.63, 3.8) is 0 Å². The fraction of sp³-hybridized carbons (Fsp3) is 0.115. The summed E-state index contributed by atoms with van der Waals surface area (Å²) in [5.41, 5.74) is 2.98. The van der Waals surface area contributed by atoms with Crippen LogP contribution in [-0.4, -0.2) is 14.5 Å². The van der Waals surface area contributed by atoms with Crippen LogP contribution < -0.4 is 5.56 Å². The zero-order valence-electron chi connectivity index (χ0n) is 17.3. The van der Waals surface area contributed by atoms with Crippen LogP contribution in [0.25, 0.3) is 39.5 Å². The summed E-state index contributed by atoms with van der Waals surface area (Å²) >= 11 is 0. The van der Waals surface area contributed by atoms with Crippen molar-refractivity contribution >= 4 is 10.9 Å². The lowest BCUT2D eigenvalue weighted by molar-refractivity contribution is 0.588. The Hall–Kier alpha value is -3.99. The van der Waals surface area contributed by atoms with Crippen molar-refractivity contribution < 1.29 is 4.42 Å². The van der Waals surface area contributed by atoms with Gasteiger partial charge in [-0.3, -0.25) is 14.3 Å². The average Bonchev–Trinajstić information content (AvgIpc) is 3.25. The predicted molar refractivity (Wildman–Crippen MR) is 122 cm³/mol. The number of hydrogen-bond donors (Lipinski definition) is 0. The first-order valence-electron chi connectivity index (χ1n) is 10.2. The minimum atomic E-state index is -0.224. The Bertz CT molecular complexity index is 1420. The van der Waals surface area contributed by atoms with E-state index in [9.17, 15) is 4.79 Å². The molecule has 0 amide bonds. The highest BCUT2D eigenvalue weighted by atomic mass is 16.4. The number of nitrogens with zero attached hydrogens (tertiary/aromatic N) is 3. The molecule has 3 heterocycles. The van der Waals surface area contributed by atoms with Crippen LogP contribution in [0.15, 0.2) is 94.4 Å². The van der Waals surface area contributed by atoms with E-state index in [1.165, 1.54) is 4.57 Å². The molecule has 0 spiro atoms. The van der Waals surface area contributed by atoms with Gasteiger partial charge in [-0.05, 0) is 35.7 Å². The summed E-state index contributed by atoms with van der Waals surface area (Å²) in [7, 11) is 0. The molecule has 0 radical (unpaired) electrons. The topological polar surface area (TPSA) is 60.9 Å². The highest BCUT2D eigenvalue weighted by Gasteiger charge is 2.20. The molecule has 0 aliphatic heterocycles. The van der Waals surface area contributed by atoms with Gasteiger partial charge in [0.25, 0.3) is 5.56 Å². The van der Waals surface area contributed by atoms with Crippen molar-refractivity contribution in [1.82, 2.24) is 14.5 Å². The van der Waals surface area contributed by atoms with Gasteiger partial charge < -0.3 is 4.42 Å². The molecular formula is C26H21N3O2. The van der Waals surface area contributed by atoms with Crippen LogP contribution in [0, 0.1) is 0 Å². The fourth-order valence-electron chi connectivity index (χ4n) is 3.58. The summed E-state index contributed by atoms with van der Waals surface area (Å²) in [6.07, 6.45) is 3.52. The summed E-state index contributed by atoms with van der Waals surface area (Å²) in [5.74, 6) is 1.80. The molecule has 0 saturated carbocycles. The van der Waals surface area contributed by atoms with E-state index >= 15 is 0 Å². The number of pyridine rings is 2. The zero-order chi connectivity index (χ0) is 21.4. The van der Waals surface area contributed by atoms with Crippen molar-refractivity contribution in [2.45, 2.75) is 19.8 Å². The molecule has 0 unspecified atom stereocenters. The fourth-order valence-corrected chi connectivity index (χ4v) is 3.58. The van der Waals surface area contributed by atoms with Gasteiger partial charge in [-0.15, -0.1) is 0 Å². The Balaban J connectivity index is 1.73. The third-order valence-electron chi connectivity index (χ3n) is 5.32. The van der Waals surface area contributed by atoms with E-state index in [4.69, 9.17) is 9.40 Å². The lowest BCUT2D eigenvalue weighted by atomic mass is 10.0. The molecule has 31 heavy (non-hydrogen) atoms. The first kappa shape index (κ1) is 19.0. The molecule has 0 aliphatic carbocycles. The molecule has 2 aromatic carbocycles. The number of benzene rings is 2. The third kappa shape index (κ3) is 3.44. The van der Waals surface area contributed by atoms with Gasteiger partial charge in [-0.1, -0.05) is 62.4 Å². The van der Waals surface area contributed by atoms with Crippen LogP contribution in [-0.2, 0) is 0 Å². The van der Waals surface area contributed by atoms with E-state index in [-0.39, 0.29) is 5.56 Å². The first-order chi connectivity index (χ1) is 15.1. The second-order valence-corrected chi connectivity index (χ2v) is 7.76. The minimum Gasteiger partial charge on any atom is -0.434 e. The summed E-state index contributed by atoms with van der Waals surface area (Å²) < 4.78 is 7.68. The van der Waals surface area contributed by atoms with Gasteiger partial charge in [0.05, 0.1) is 0 Å². The maximum atomic E-state index is 13.4. The molecule has 0 N–H and O–H groups in total. The molecule has 0 saturated heterocycles. The van der Waals surface area contributed by atoms with Crippen LogP contribution in [0.3, 0.4) is 0 Å². The smallest absolute Gasteiger partial charge is 0.282 e. The van der Waals surface area contributed by atoms with E-state index in [0.29, 0.717) is 28.9 Å². The number of oxazole rings is 1. The summed E-state index contributed by atoms with van der Waals surface area (Å²) in [6.45, 7) is 4.22. The SMILES string of the molecule is CC(C)c1cnc2c(=O)n(-c3nc(-c4ccccc4)oc3-c3ccccc3)ccc2c1. The minimum absolute atomic E-state index is 0.224. The lowest BCUT2D eigenvalue weighted by Gasteiger charge is -2.08. The van der Waals surface area contributed by atoms with E-state index in [0.717, 1.165) is 22.1 Å². The summed E-state index contributed by atoms with van der Waals surface area (Å²) in [4.78, 5) is 22.5. The molecule has 3 aromatic heterocycles. The second kappa shape index (κ2) is 7.69. The molecule has 5 aromatic rings. The molecular weight excluding hydrogens is 386 g/mol. The molecule has 0 fully saturated rings. The Morgan fingerprint density at radius 3 is 2.26 bits per heavy atom. The molecule has 5 heteroatoms. The van der Waals surface area contributed by atoms with Crippen molar-refractivity contribution in [1.29, 1.82) is 0 Å². The van der Waals surface area contributed by atoms with Crippen molar-refractivity contribution in [3.8, 4) is 28.6 Å². The molecule has 5 rings (SSSR count). The predicted octanol–water partition coefficient (Wildman–Crippen LogP) is 5.83. The van der Waals surface area contributed by atoms with Gasteiger partial charge in [0, 0.05) is 28.9 Å². The standard InChI is InChI=1S/C26H21N3O2/c1-17(2)21-15-20-13-14-29(26(30)22(20)27-16-21)24-23(18-9-5-3-6-10-18)31-25(28-24)19-11-7-4-8-12-19/h3-17H,1-2H3. The number of hydrogen-bond acceptors (Lipinski definition) is 4. The van der Waals surface area contributed by atoms with Gasteiger partial charge in [0.15, 0.2) is 11.6 Å². The maximum absolute atomic E-state index is 13.4. The molecule has 5 nitrogen and oxygen atoms in total. The lowest BCUT2D eigenvalue weighted by Crippen LogP contribution is -2.19. The van der Waals surface area contributed by atoms with Crippen LogP contribution in [0.4, 0.5) is 0 Å². The van der Waals surface area contributed by atoms with Gasteiger partial charge in [-0.2, -0.15) is 4.98 Å². The monoisotopic (exact) mass is 407 g/mol. The van der Waals surface area contributed by atoms with Crippen LogP contribution >= 0.6 is 0 Å². The van der Waals surface area contributed by atoms with E-state index < -0.39 is 0 Å². The molecule has 0 atom stereocenters. The third-order valence-corrected chi connectivity index (χ3v) is 5.32. The Kier molecular flexibility index (Phi) is 4.71. The molecule has 152 valence electrons. The van der Waals surface area contributed by atoms with Crippen LogP contribution in [0.2, 0.25) is 0 Å². The molecule has 0 aliphatic rings. The van der Waals surface area contributed by atoms with Crippen molar-refractivity contribution in [3.05, 3.63) is 101 Å². The van der Waals surface area contributed by atoms with Gasteiger partial charge >= 0.3 is 0 Å². The van der Waals surface area contributed by atoms with Crippen molar-refractivity contribution in [2.75, 3.05) is 0 Å². The van der Waals surface area contributed by atoms with Crippen molar-refractivity contribution in [2.24, 2.45) is 0 Å². The van der Waals surface area contributed by atoms with Gasteiger partial charge in [-0.25, -0.2) is 0 Å². The largest absolute Gasteiger partial charge is 0.434 e. The first-order valence-corrected chi connectivity index (χ1v) is 10.2. The van der Waals surface area contributed by atoms with Gasteiger partial charge in [0.2, 0.25) is 5.89 Å². The zero-order valence-corrected chi connectivity index (χ0v) is 17.3. The maximum Gasteiger partial charge on any atom is 0.282 e. The van der Waals surface area contributed by atoms with Crippen LogP contribution in [0.5, 0.6) is 0 Å². The molecule has 0 bridgehead atoms. The highest BCUT2D eigenvalue weighted by molar-refractivity contribution is 5.79. The Morgan fingerprint density at radius 1 is 0.903 bits per heavy atom.